The highest BCUT2D eigenvalue weighted by Crippen LogP contribution is 2.39. The third kappa shape index (κ3) is 3.47. The van der Waals surface area contributed by atoms with E-state index >= 15 is 0 Å². The van der Waals surface area contributed by atoms with Crippen LogP contribution < -0.4 is 0 Å². The molecule has 4 nitrogen and oxygen atoms in total. The second-order valence-corrected chi connectivity index (χ2v) is 6.16. The van der Waals surface area contributed by atoms with Gasteiger partial charge in [-0.05, 0) is 62.3 Å². The van der Waals surface area contributed by atoms with Gasteiger partial charge < -0.3 is 10.0 Å². The molecule has 22 heavy (non-hydrogen) atoms. The van der Waals surface area contributed by atoms with Crippen LogP contribution in [0.2, 0.25) is 0 Å². The summed E-state index contributed by atoms with van der Waals surface area (Å²) in [5.74, 6) is 0.559. The number of aliphatic hydroxyl groups is 1. The smallest absolute Gasteiger partial charge is 0.132 e. The highest BCUT2D eigenvalue weighted by molar-refractivity contribution is 5.51. The Bertz CT molecular complexity index is 585. The van der Waals surface area contributed by atoms with Crippen LogP contribution in [0.25, 0.3) is 0 Å². The number of hydrogen-bond donors (Lipinski definition) is 1. The molecule has 0 spiro atoms. The second kappa shape index (κ2) is 7.40. The summed E-state index contributed by atoms with van der Waals surface area (Å²) in [4.78, 5) is 2.24. The molecule has 0 aliphatic heterocycles. The van der Waals surface area contributed by atoms with Gasteiger partial charge in [0.05, 0.1) is 6.61 Å². The molecule has 0 saturated heterocycles. The van der Waals surface area contributed by atoms with Crippen LogP contribution in [-0.4, -0.2) is 36.2 Å². The van der Waals surface area contributed by atoms with Crippen LogP contribution in [0.1, 0.15) is 32.6 Å². The number of fused-ring (bicyclic) bond motifs is 1. The Balaban J connectivity index is 2.18. The molecular formula is C18H23N3O. The van der Waals surface area contributed by atoms with Gasteiger partial charge in [-0.25, -0.2) is 0 Å². The summed E-state index contributed by atoms with van der Waals surface area (Å²) < 4.78 is 0. The number of aliphatic hydroxyl groups excluding tert-OH is 1. The van der Waals surface area contributed by atoms with E-state index in [0.717, 1.165) is 43.4 Å². The molecule has 2 rings (SSSR count). The Kier molecular flexibility index (Phi) is 5.55. The van der Waals surface area contributed by atoms with Crippen molar-refractivity contribution in [3.8, 4) is 12.1 Å². The van der Waals surface area contributed by atoms with E-state index in [0.29, 0.717) is 12.0 Å². The van der Waals surface area contributed by atoms with Gasteiger partial charge in [0, 0.05) is 12.6 Å². The number of hydrogen-bond acceptors (Lipinski definition) is 4. The average molecular weight is 297 g/mol. The van der Waals surface area contributed by atoms with Crippen molar-refractivity contribution in [1.29, 1.82) is 10.5 Å². The molecule has 0 amide bonds. The van der Waals surface area contributed by atoms with Crippen molar-refractivity contribution in [2.45, 2.75) is 38.6 Å². The standard InChI is InChI=1S/C18H23N3O/c1-13(17(11-19)12-20)14-3-4-16-10-18(21(2)7-8-22)6-5-15(16)9-14/h5,9,16,18,22H,3-4,6-8,10H2,1-2H3. The summed E-state index contributed by atoms with van der Waals surface area (Å²) in [6, 6.07) is 4.47. The summed E-state index contributed by atoms with van der Waals surface area (Å²) in [6.45, 7) is 2.79. The Morgan fingerprint density at radius 2 is 2.14 bits per heavy atom. The molecule has 0 aromatic carbocycles. The molecule has 0 aromatic rings. The van der Waals surface area contributed by atoms with Crippen LogP contribution in [0, 0.1) is 28.6 Å². The van der Waals surface area contributed by atoms with Gasteiger partial charge in [-0.3, -0.25) is 0 Å². The van der Waals surface area contributed by atoms with Crippen LogP contribution in [0.3, 0.4) is 0 Å². The number of allylic oxidation sites excluding steroid dienone is 5. The maximum Gasteiger partial charge on any atom is 0.132 e. The third-order valence-electron chi connectivity index (χ3n) is 4.91. The summed E-state index contributed by atoms with van der Waals surface area (Å²) >= 11 is 0. The lowest BCUT2D eigenvalue weighted by molar-refractivity contribution is 0.159. The Morgan fingerprint density at radius 3 is 2.77 bits per heavy atom. The first-order chi connectivity index (χ1) is 10.6. The predicted octanol–water partition coefficient (Wildman–Crippen LogP) is 2.70. The fraction of sp³-hybridized carbons (Fsp3) is 0.556. The van der Waals surface area contributed by atoms with Crippen LogP contribution in [-0.2, 0) is 0 Å². The number of rotatable bonds is 4. The zero-order valence-corrected chi connectivity index (χ0v) is 13.3. The Labute approximate surface area is 132 Å². The van der Waals surface area contributed by atoms with Crippen molar-refractivity contribution in [2.24, 2.45) is 5.92 Å². The Morgan fingerprint density at radius 1 is 1.41 bits per heavy atom. The summed E-state index contributed by atoms with van der Waals surface area (Å²) in [7, 11) is 2.07. The first-order valence-corrected chi connectivity index (χ1v) is 7.83. The summed E-state index contributed by atoms with van der Waals surface area (Å²) in [6.07, 6.45) is 8.59. The van der Waals surface area contributed by atoms with Gasteiger partial charge in [0.25, 0.3) is 0 Å². The minimum atomic E-state index is 0.202. The lowest BCUT2D eigenvalue weighted by Crippen LogP contribution is -2.37. The van der Waals surface area contributed by atoms with E-state index in [2.05, 4.69) is 24.1 Å². The van der Waals surface area contributed by atoms with E-state index in [-0.39, 0.29) is 12.2 Å². The van der Waals surface area contributed by atoms with E-state index in [1.54, 1.807) is 0 Å². The summed E-state index contributed by atoms with van der Waals surface area (Å²) in [5.41, 5.74) is 3.53. The maximum absolute atomic E-state index is 9.07. The fourth-order valence-corrected chi connectivity index (χ4v) is 3.41. The maximum atomic E-state index is 9.07. The second-order valence-electron chi connectivity index (χ2n) is 6.16. The minimum absolute atomic E-state index is 0.202. The normalized spacial score (nSPS) is 23.7. The van der Waals surface area contributed by atoms with Crippen molar-refractivity contribution in [3.05, 3.63) is 34.4 Å². The first kappa shape index (κ1) is 16.5. The van der Waals surface area contributed by atoms with Gasteiger partial charge in [-0.1, -0.05) is 12.2 Å². The molecule has 4 heteroatoms. The van der Waals surface area contributed by atoms with Crippen LogP contribution >= 0.6 is 0 Å². The van der Waals surface area contributed by atoms with Crippen molar-refractivity contribution >= 4 is 0 Å². The molecule has 1 N–H and O–H groups in total. The largest absolute Gasteiger partial charge is 0.395 e. The zero-order valence-electron chi connectivity index (χ0n) is 13.3. The molecule has 0 aromatic heterocycles. The molecule has 0 radical (unpaired) electrons. The molecule has 2 unspecified atom stereocenters. The monoisotopic (exact) mass is 297 g/mol. The van der Waals surface area contributed by atoms with E-state index in [9.17, 15) is 0 Å². The SMILES string of the molecule is CC(C1=CC2=CCC(N(C)CCO)CC2CC1)=C(C#N)C#N. The van der Waals surface area contributed by atoms with E-state index in [1.807, 2.05) is 19.1 Å². The highest BCUT2D eigenvalue weighted by Gasteiger charge is 2.28. The quantitative estimate of drug-likeness (QED) is 0.810. The topological polar surface area (TPSA) is 71.0 Å². The van der Waals surface area contributed by atoms with Gasteiger partial charge >= 0.3 is 0 Å². The van der Waals surface area contributed by atoms with Gasteiger partial charge in [0.15, 0.2) is 0 Å². The van der Waals surface area contributed by atoms with Crippen LogP contribution in [0.15, 0.2) is 34.4 Å². The van der Waals surface area contributed by atoms with Gasteiger partial charge in [-0.2, -0.15) is 10.5 Å². The van der Waals surface area contributed by atoms with Gasteiger partial charge in [0.1, 0.15) is 17.7 Å². The lowest BCUT2D eigenvalue weighted by atomic mass is 9.75. The Hall–Kier alpha value is -1.88. The fourth-order valence-electron chi connectivity index (χ4n) is 3.41. The molecular weight excluding hydrogens is 274 g/mol. The van der Waals surface area contributed by atoms with Crippen molar-refractivity contribution in [3.63, 3.8) is 0 Å². The molecule has 2 atom stereocenters. The lowest BCUT2D eigenvalue weighted by Gasteiger charge is -2.36. The minimum Gasteiger partial charge on any atom is -0.395 e. The molecule has 0 saturated carbocycles. The van der Waals surface area contributed by atoms with Crippen molar-refractivity contribution in [1.82, 2.24) is 4.90 Å². The molecule has 2 aliphatic rings. The summed E-state index contributed by atoms with van der Waals surface area (Å²) in [5, 5.41) is 27.1. The number of likely N-dealkylation sites (N-methyl/N-ethyl adjacent to an activating group) is 1. The average Bonchev–Trinajstić information content (AvgIpc) is 2.55. The van der Waals surface area contributed by atoms with Crippen molar-refractivity contribution < 1.29 is 5.11 Å². The van der Waals surface area contributed by atoms with E-state index < -0.39 is 0 Å². The molecule has 0 heterocycles. The molecule has 2 aliphatic carbocycles. The first-order valence-electron chi connectivity index (χ1n) is 7.83. The van der Waals surface area contributed by atoms with E-state index in [1.165, 1.54) is 5.57 Å². The van der Waals surface area contributed by atoms with Gasteiger partial charge in [-0.15, -0.1) is 0 Å². The predicted molar refractivity (Wildman–Crippen MR) is 85.6 cm³/mol. The number of nitrogens with zero attached hydrogens (tertiary/aromatic N) is 3. The molecule has 116 valence electrons. The molecule has 0 bridgehead atoms. The van der Waals surface area contributed by atoms with Crippen LogP contribution in [0.4, 0.5) is 0 Å². The molecule has 0 fully saturated rings. The van der Waals surface area contributed by atoms with E-state index in [4.69, 9.17) is 15.6 Å². The zero-order chi connectivity index (χ0) is 16.1. The third-order valence-corrected chi connectivity index (χ3v) is 4.91. The van der Waals surface area contributed by atoms with Crippen LogP contribution in [0.5, 0.6) is 0 Å². The highest BCUT2D eigenvalue weighted by atomic mass is 16.3. The van der Waals surface area contributed by atoms with Crippen molar-refractivity contribution in [2.75, 3.05) is 20.2 Å². The van der Waals surface area contributed by atoms with Gasteiger partial charge in [0.2, 0.25) is 0 Å². The number of nitriles is 2.